The van der Waals surface area contributed by atoms with Crippen LogP contribution in [0.15, 0.2) is 42.6 Å². The standard InChI is InChI=1S/C17H18FN3O3S/c1-21(15-6-8-25(23,24)11-15)14-5-7-19-16(10-14)17(22)20-13-4-2-3-12(18)9-13/h2-5,7,9-10,15H,6,8,11H2,1H3,(H,20,22). The number of nitrogens with zero attached hydrogens (tertiary/aromatic N) is 2. The SMILES string of the molecule is CN(c1ccnc(C(=O)Nc2cccc(F)c2)c1)C1CCS(=O)(=O)C1. The first-order valence-corrected chi connectivity index (χ1v) is 9.62. The second-order valence-corrected chi connectivity index (χ2v) is 8.26. The predicted molar refractivity (Wildman–Crippen MR) is 94.1 cm³/mol. The highest BCUT2D eigenvalue weighted by Crippen LogP contribution is 2.23. The molecule has 2 heterocycles. The van der Waals surface area contributed by atoms with E-state index in [1.54, 1.807) is 25.2 Å². The molecule has 1 aromatic carbocycles. The van der Waals surface area contributed by atoms with Crippen molar-refractivity contribution >= 4 is 27.1 Å². The first kappa shape index (κ1) is 17.3. The smallest absolute Gasteiger partial charge is 0.274 e. The van der Waals surface area contributed by atoms with Gasteiger partial charge in [-0.25, -0.2) is 12.8 Å². The largest absolute Gasteiger partial charge is 0.370 e. The van der Waals surface area contributed by atoms with Crippen molar-refractivity contribution < 1.29 is 17.6 Å². The Morgan fingerprint density at radius 2 is 2.12 bits per heavy atom. The lowest BCUT2D eigenvalue weighted by Crippen LogP contribution is -2.32. The topological polar surface area (TPSA) is 79.4 Å². The van der Waals surface area contributed by atoms with Crippen LogP contribution >= 0.6 is 0 Å². The highest BCUT2D eigenvalue weighted by molar-refractivity contribution is 7.91. The number of amides is 1. The van der Waals surface area contributed by atoms with Crippen LogP contribution in [0.3, 0.4) is 0 Å². The lowest BCUT2D eigenvalue weighted by molar-refractivity contribution is 0.102. The molecule has 1 fully saturated rings. The first-order valence-electron chi connectivity index (χ1n) is 7.80. The highest BCUT2D eigenvalue weighted by Gasteiger charge is 2.31. The second-order valence-electron chi connectivity index (χ2n) is 6.03. The molecule has 0 spiro atoms. The zero-order valence-electron chi connectivity index (χ0n) is 13.6. The average molecular weight is 363 g/mol. The molecule has 3 rings (SSSR count). The third-order valence-electron chi connectivity index (χ3n) is 4.22. The number of hydrogen-bond acceptors (Lipinski definition) is 5. The number of carbonyl (C=O) groups excluding carboxylic acids is 1. The summed E-state index contributed by atoms with van der Waals surface area (Å²) >= 11 is 0. The van der Waals surface area contributed by atoms with E-state index in [0.717, 1.165) is 0 Å². The van der Waals surface area contributed by atoms with E-state index in [0.29, 0.717) is 17.8 Å². The Balaban J connectivity index is 1.76. The van der Waals surface area contributed by atoms with Gasteiger partial charge in [0.15, 0.2) is 9.84 Å². The van der Waals surface area contributed by atoms with Crippen molar-refractivity contribution in [1.82, 2.24) is 4.98 Å². The minimum Gasteiger partial charge on any atom is -0.370 e. The van der Waals surface area contributed by atoms with Crippen molar-refractivity contribution in [3.8, 4) is 0 Å². The molecule has 6 nitrogen and oxygen atoms in total. The molecule has 0 bridgehead atoms. The van der Waals surface area contributed by atoms with Crippen LogP contribution < -0.4 is 10.2 Å². The number of benzene rings is 1. The Hall–Kier alpha value is -2.48. The summed E-state index contributed by atoms with van der Waals surface area (Å²) in [7, 11) is -1.19. The van der Waals surface area contributed by atoms with Crippen LogP contribution in [0.2, 0.25) is 0 Å². The number of hydrogen-bond donors (Lipinski definition) is 1. The lowest BCUT2D eigenvalue weighted by Gasteiger charge is -2.25. The molecule has 1 aliphatic heterocycles. The van der Waals surface area contributed by atoms with E-state index in [1.807, 2.05) is 4.90 Å². The predicted octanol–water partition coefficient (Wildman–Crippen LogP) is 2.10. The summed E-state index contributed by atoms with van der Waals surface area (Å²) in [4.78, 5) is 18.2. The van der Waals surface area contributed by atoms with E-state index >= 15 is 0 Å². The second kappa shape index (κ2) is 6.79. The molecule has 0 radical (unpaired) electrons. The number of aromatic nitrogens is 1. The van der Waals surface area contributed by atoms with Crippen LogP contribution in [0.1, 0.15) is 16.9 Å². The molecule has 0 aliphatic carbocycles. The molecule has 132 valence electrons. The summed E-state index contributed by atoms with van der Waals surface area (Å²) in [6.45, 7) is 0. The average Bonchev–Trinajstić information content (AvgIpc) is 2.94. The van der Waals surface area contributed by atoms with Crippen LogP contribution in [0.5, 0.6) is 0 Å². The van der Waals surface area contributed by atoms with Crippen LogP contribution in [0.25, 0.3) is 0 Å². The van der Waals surface area contributed by atoms with E-state index in [9.17, 15) is 17.6 Å². The lowest BCUT2D eigenvalue weighted by atomic mass is 10.2. The molecule has 1 aliphatic rings. The van der Waals surface area contributed by atoms with E-state index in [2.05, 4.69) is 10.3 Å². The van der Waals surface area contributed by atoms with Gasteiger partial charge in [0, 0.05) is 30.7 Å². The van der Waals surface area contributed by atoms with Gasteiger partial charge in [0.1, 0.15) is 11.5 Å². The van der Waals surface area contributed by atoms with E-state index < -0.39 is 21.6 Å². The van der Waals surface area contributed by atoms with Gasteiger partial charge in [-0.2, -0.15) is 0 Å². The fourth-order valence-corrected chi connectivity index (χ4v) is 4.59. The summed E-state index contributed by atoms with van der Waals surface area (Å²) in [5.41, 5.74) is 1.23. The number of anilines is 2. The van der Waals surface area contributed by atoms with Crippen molar-refractivity contribution in [2.75, 3.05) is 28.8 Å². The number of sulfone groups is 1. The van der Waals surface area contributed by atoms with Gasteiger partial charge in [0.05, 0.1) is 11.5 Å². The maximum atomic E-state index is 13.2. The number of rotatable bonds is 4. The molecule has 1 N–H and O–H groups in total. The molecule has 1 unspecified atom stereocenters. The third kappa shape index (κ3) is 4.14. The van der Waals surface area contributed by atoms with Crippen LogP contribution in [0, 0.1) is 5.82 Å². The van der Waals surface area contributed by atoms with Crippen molar-refractivity contribution in [2.24, 2.45) is 0 Å². The Morgan fingerprint density at radius 1 is 1.32 bits per heavy atom. The summed E-state index contributed by atoms with van der Waals surface area (Å²) in [5.74, 6) is -0.613. The number of nitrogens with one attached hydrogen (secondary N) is 1. The zero-order valence-corrected chi connectivity index (χ0v) is 14.5. The van der Waals surface area contributed by atoms with Gasteiger partial charge in [0.2, 0.25) is 0 Å². The Bertz CT molecular complexity index is 902. The molecule has 8 heteroatoms. The number of carbonyl (C=O) groups is 1. The van der Waals surface area contributed by atoms with Crippen molar-refractivity contribution in [3.05, 3.63) is 54.1 Å². The van der Waals surface area contributed by atoms with Crippen LogP contribution in [0.4, 0.5) is 15.8 Å². The fraction of sp³-hybridized carbons (Fsp3) is 0.294. The molecule has 1 aromatic heterocycles. The summed E-state index contributed by atoms with van der Waals surface area (Å²) in [5, 5.41) is 2.59. The van der Waals surface area contributed by atoms with Crippen molar-refractivity contribution in [2.45, 2.75) is 12.5 Å². The summed E-state index contributed by atoms with van der Waals surface area (Å²) in [6, 6.07) is 8.80. The summed E-state index contributed by atoms with van der Waals surface area (Å²) in [6.07, 6.45) is 2.06. The van der Waals surface area contributed by atoms with Crippen LogP contribution in [-0.2, 0) is 9.84 Å². The molecule has 1 amide bonds. The fourth-order valence-electron chi connectivity index (χ4n) is 2.82. The normalized spacial score (nSPS) is 18.7. The van der Waals surface area contributed by atoms with Gasteiger partial charge < -0.3 is 10.2 Å². The number of halogens is 1. The first-order chi connectivity index (χ1) is 11.8. The highest BCUT2D eigenvalue weighted by atomic mass is 32.2. The van der Waals surface area contributed by atoms with Gasteiger partial charge in [-0.3, -0.25) is 9.78 Å². The maximum Gasteiger partial charge on any atom is 0.274 e. The minimum absolute atomic E-state index is 0.108. The molecule has 0 saturated carbocycles. The van der Waals surface area contributed by atoms with E-state index in [1.165, 1.54) is 24.4 Å². The Labute approximate surface area is 145 Å². The Kier molecular flexibility index (Phi) is 4.71. The molecule has 1 atom stereocenters. The van der Waals surface area contributed by atoms with Gasteiger partial charge in [-0.15, -0.1) is 0 Å². The van der Waals surface area contributed by atoms with Gasteiger partial charge >= 0.3 is 0 Å². The van der Waals surface area contributed by atoms with Crippen LogP contribution in [-0.4, -0.2) is 43.9 Å². The quantitative estimate of drug-likeness (QED) is 0.900. The molecule has 25 heavy (non-hydrogen) atoms. The van der Waals surface area contributed by atoms with Gasteiger partial charge in [0.25, 0.3) is 5.91 Å². The van der Waals surface area contributed by atoms with Gasteiger partial charge in [-0.1, -0.05) is 6.07 Å². The van der Waals surface area contributed by atoms with Crippen molar-refractivity contribution in [3.63, 3.8) is 0 Å². The van der Waals surface area contributed by atoms with E-state index in [-0.39, 0.29) is 23.2 Å². The Morgan fingerprint density at radius 3 is 2.80 bits per heavy atom. The van der Waals surface area contributed by atoms with Gasteiger partial charge in [-0.05, 0) is 36.8 Å². The third-order valence-corrected chi connectivity index (χ3v) is 5.97. The molecular weight excluding hydrogens is 345 g/mol. The zero-order chi connectivity index (χ0) is 18.0. The monoisotopic (exact) mass is 363 g/mol. The number of pyridine rings is 1. The van der Waals surface area contributed by atoms with Crippen molar-refractivity contribution in [1.29, 1.82) is 0 Å². The molecule has 2 aromatic rings. The molecule has 1 saturated heterocycles. The van der Waals surface area contributed by atoms with E-state index in [4.69, 9.17) is 0 Å². The summed E-state index contributed by atoms with van der Waals surface area (Å²) < 4.78 is 36.5. The minimum atomic E-state index is -2.99. The molecular formula is C17H18FN3O3S. The maximum absolute atomic E-state index is 13.2.